The summed E-state index contributed by atoms with van der Waals surface area (Å²) in [6.45, 7) is 3.32. The van der Waals surface area contributed by atoms with Gasteiger partial charge in [-0.2, -0.15) is 0 Å². The van der Waals surface area contributed by atoms with Crippen LogP contribution in [0.4, 0.5) is 0 Å². The van der Waals surface area contributed by atoms with Gasteiger partial charge >= 0.3 is 0 Å². The Morgan fingerprint density at radius 2 is 2.00 bits per heavy atom. The summed E-state index contributed by atoms with van der Waals surface area (Å²) >= 11 is 0. The average Bonchev–Trinajstić information content (AvgIpc) is 2.91. The zero-order valence-corrected chi connectivity index (χ0v) is 12.1. The summed E-state index contributed by atoms with van der Waals surface area (Å²) < 4.78 is 10.5. The third kappa shape index (κ3) is 3.33. The zero-order chi connectivity index (χ0) is 15.5. The number of aliphatic hydroxyl groups is 1. The van der Waals surface area contributed by atoms with Gasteiger partial charge in [0.05, 0.1) is 6.61 Å². The van der Waals surface area contributed by atoms with Gasteiger partial charge in [-0.25, -0.2) is 0 Å². The molecule has 2 N–H and O–H groups in total. The Balaban J connectivity index is 2.04. The molecule has 114 valence electrons. The number of benzene rings is 1. The predicted molar refractivity (Wildman–Crippen MR) is 75.2 cm³/mol. The molecule has 1 aliphatic rings. The fourth-order valence-electron chi connectivity index (χ4n) is 1.97. The second-order valence-corrected chi connectivity index (χ2v) is 5.39. The summed E-state index contributed by atoms with van der Waals surface area (Å²) in [6.07, 6.45) is 0.135. The molecule has 0 radical (unpaired) electrons. The van der Waals surface area contributed by atoms with Crippen molar-refractivity contribution >= 4 is 11.7 Å². The molecule has 0 aliphatic carbocycles. The number of nitrogens with one attached hydrogen (secondary N) is 1. The highest BCUT2D eigenvalue weighted by atomic mass is 16.7. The van der Waals surface area contributed by atoms with Gasteiger partial charge in [-0.1, -0.05) is 6.07 Å². The van der Waals surface area contributed by atoms with Crippen molar-refractivity contribution < 1.29 is 24.2 Å². The standard InChI is InChI=1S/C15H19NO5/c1-15(2,14(19)16-5-6-17)13(18)8-10-3-4-11-12(7-10)21-9-20-11/h3-4,7,17H,5-6,8-9H2,1-2H3,(H,16,19). The molecule has 2 rings (SSSR count). The molecule has 0 saturated heterocycles. The van der Waals surface area contributed by atoms with Crippen molar-refractivity contribution in [1.82, 2.24) is 5.32 Å². The minimum absolute atomic E-state index is 0.135. The topological polar surface area (TPSA) is 84.9 Å². The van der Waals surface area contributed by atoms with Crippen molar-refractivity contribution in [1.29, 1.82) is 0 Å². The van der Waals surface area contributed by atoms with Gasteiger partial charge < -0.3 is 19.9 Å². The number of aliphatic hydroxyl groups excluding tert-OH is 1. The van der Waals surface area contributed by atoms with Crippen LogP contribution in [0, 0.1) is 5.41 Å². The lowest BCUT2D eigenvalue weighted by Gasteiger charge is -2.22. The number of ether oxygens (including phenoxy) is 2. The van der Waals surface area contributed by atoms with E-state index in [1.54, 1.807) is 32.0 Å². The van der Waals surface area contributed by atoms with Crippen LogP contribution in [0.15, 0.2) is 18.2 Å². The molecule has 0 fully saturated rings. The van der Waals surface area contributed by atoms with Crippen molar-refractivity contribution in [3.63, 3.8) is 0 Å². The van der Waals surface area contributed by atoms with Crippen LogP contribution in [-0.4, -0.2) is 36.7 Å². The molecule has 1 aliphatic heterocycles. The number of fused-ring (bicyclic) bond motifs is 1. The van der Waals surface area contributed by atoms with Gasteiger partial charge in [0.2, 0.25) is 12.7 Å². The minimum atomic E-state index is -1.15. The van der Waals surface area contributed by atoms with Gasteiger partial charge in [-0.15, -0.1) is 0 Å². The van der Waals surface area contributed by atoms with E-state index in [1.807, 2.05) is 0 Å². The molecule has 0 aromatic heterocycles. The van der Waals surface area contributed by atoms with Gasteiger partial charge in [0.1, 0.15) is 5.41 Å². The molecule has 1 aromatic rings. The number of Topliss-reactive ketones (excluding diaryl/α,β-unsaturated/α-hetero) is 1. The largest absolute Gasteiger partial charge is 0.454 e. The Morgan fingerprint density at radius 1 is 1.29 bits per heavy atom. The summed E-state index contributed by atoms with van der Waals surface area (Å²) in [6, 6.07) is 5.29. The van der Waals surface area contributed by atoms with Crippen LogP contribution in [0.25, 0.3) is 0 Å². The maximum absolute atomic E-state index is 12.3. The lowest BCUT2D eigenvalue weighted by atomic mass is 9.84. The number of amides is 1. The van der Waals surface area contributed by atoms with E-state index in [2.05, 4.69) is 5.32 Å². The predicted octanol–water partition coefficient (Wildman–Crippen LogP) is 0.662. The molecule has 0 bridgehead atoms. The van der Waals surface area contributed by atoms with Crippen LogP contribution in [0.3, 0.4) is 0 Å². The molecule has 1 heterocycles. The Morgan fingerprint density at radius 3 is 2.71 bits per heavy atom. The molecule has 0 saturated carbocycles. The van der Waals surface area contributed by atoms with Crippen LogP contribution in [-0.2, 0) is 16.0 Å². The number of carbonyl (C=O) groups is 2. The second-order valence-electron chi connectivity index (χ2n) is 5.39. The molecule has 1 amide bonds. The first kappa shape index (κ1) is 15.3. The Bertz CT molecular complexity index is 553. The molecule has 0 unspecified atom stereocenters. The van der Waals surface area contributed by atoms with Crippen molar-refractivity contribution in [3.05, 3.63) is 23.8 Å². The summed E-state index contributed by atoms with van der Waals surface area (Å²) in [5, 5.41) is 11.2. The van der Waals surface area contributed by atoms with E-state index >= 15 is 0 Å². The van der Waals surface area contributed by atoms with Crippen LogP contribution in [0.5, 0.6) is 11.5 Å². The van der Waals surface area contributed by atoms with Crippen LogP contribution in [0.2, 0.25) is 0 Å². The van der Waals surface area contributed by atoms with Gasteiger partial charge in [-0.3, -0.25) is 9.59 Å². The average molecular weight is 293 g/mol. The third-order valence-corrected chi connectivity index (χ3v) is 3.46. The Labute approximate surface area is 123 Å². The Kier molecular flexibility index (Phi) is 4.47. The van der Waals surface area contributed by atoms with E-state index < -0.39 is 5.41 Å². The maximum Gasteiger partial charge on any atom is 0.233 e. The van der Waals surface area contributed by atoms with Crippen molar-refractivity contribution in [2.75, 3.05) is 19.9 Å². The summed E-state index contributed by atoms with van der Waals surface area (Å²) in [4.78, 5) is 24.3. The molecule has 0 spiro atoms. The van der Waals surface area contributed by atoms with Crippen LogP contribution >= 0.6 is 0 Å². The van der Waals surface area contributed by atoms with E-state index in [9.17, 15) is 9.59 Å². The lowest BCUT2D eigenvalue weighted by Crippen LogP contribution is -2.44. The van der Waals surface area contributed by atoms with Crippen LogP contribution < -0.4 is 14.8 Å². The van der Waals surface area contributed by atoms with Gasteiger partial charge in [0, 0.05) is 13.0 Å². The van der Waals surface area contributed by atoms with Crippen molar-refractivity contribution in [2.24, 2.45) is 5.41 Å². The first-order chi connectivity index (χ1) is 9.95. The van der Waals surface area contributed by atoms with Gasteiger partial charge in [0.25, 0.3) is 0 Å². The number of hydrogen-bond acceptors (Lipinski definition) is 5. The first-order valence-electron chi connectivity index (χ1n) is 6.76. The number of rotatable bonds is 6. The molecule has 0 atom stereocenters. The zero-order valence-electron chi connectivity index (χ0n) is 12.1. The molecule has 21 heavy (non-hydrogen) atoms. The van der Waals surface area contributed by atoms with Gasteiger partial charge in [0.15, 0.2) is 17.3 Å². The minimum Gasteiger partial charge on any atom is -0.454 e. The van der Waals surface area contributed by atoms with Crippen molar-refractivity contribution in [3.8, 4) is 11.5 Å². The van der Waals surface area contributed by atoms with Crippen molar-refractivity contribution in [2.45, 2.75) is 20.3 Å². The van der Waals surface area contributed by atoms with E-state index in [4.69, 9.17) is 14.6 Å². The van der Waals surface area contributed by atoms with E-state index in [1.165, 1.54) is 0 Å². The highest BCUT2D eigenvalue weighted by Crippen LogP contribution is 2.33. The highest BCUT2D eigenvalue weighted by Gasteiger charge is 2.35. The Hall–Kier alpha value is -2.08. The fourth-order valence-corrected chi connectivity index (χ4v) is 1.97. The molecular formula is C15H19NO5. The van der Waals surface area contributed by atoms with E-state index in [-0.39, 0.29) is 38.1 Å². The lowest BCUT2D eigenvalue weighted by molar-refractivity contribution is -0.139. The monoisotopic (exact) mass is 293 g/mol. The number of carbonyl (C=O) groups excluding carboxylic acids is 2. The first-order valence-corrected chi connectivity index (χ1v) is 6.76. The van der Waals surface area contributed by atoms with E-state index in [0.717, 1.165) is 5.56 Å². The summed E-state index contributed by atoms with van der Waals surface area (Å²) in [5.74, 6) is 0.688. The SMILES string of the molecule is CC(C)(C(=O)Cc1ccc2c(c1)OCO2)C(=O)NCCO. The fraction of sp³-hybridized carbons (Fsp3) is 0.467. The second kappa shape index (κ2) is 6.13. The number of ketones is 1. The third-order valence-electron chi connectivity index (χ3n) is 3.46. The molecule has 6 nitrogen and oxygen atoms in total. The quantitative estimate of drug-likeness (QED) is 0.753. The maximum atomic E-state index is 12.3. The molecule has 1 aromatic carbocycles. The van der Waals surface area contributed by atoms with Gasteiger partial charge in [-0.05, 0) is 31.5 Å². The van der Waals surface area contributed by atoms with E-state index in [0.29, 0.717) is 11.5 Å². The normalized spacial score (nSPS) is 13.1. The summed E-state index contributed by atoms with van der Waals surface area (Å²) in [7, 11) is 0. The molecule has 6 heteroatoms. The molecular weight excluding hydrogens is 274 g/mol. The summed E-state index contributed by atoms with van der Waals surface area (Å²) in [5.41, 5.74) is -0.377. The van der Waals surface area contributed by atoms with Crippen LogP contribution in [0.1, 0.15) is 19.4 Å². The number of hydrogen-bond donors (Lipinski definition) is 2. The highest BCUT2D eigenvalue weighted by molar-refractivity contribution is 6.05. The smallest absolute Gasteiger partial charge is 0.233 e.